The van der Waals surface area contributed by atoms with Crippen molar-refractivity contribution in [1.29, 1.82) is 0 Å². The Morgan fingerprint density at radius 3 is 2.65 bits per heavy atom. The number of aromatic nitrogens is 2. The SMILES string of the molecule is Cn1cccc1C(=O)NCC1Cn2cccc2CN1Cc1ccccc1. The van der Waals surface area contributed by atoms with Crippen LogP contribution >= 0.6 is 0 Å². The lowest BCUT2D eigenvalue weighted by Gasteiger charge is -2.37. The van der Waals surface area contributed by atoms with Gasteiger partial charge < -0.3 is 14.5 Å². The van der Waals surface area contributed by atoms with Crippen molar-refractivity contribution in [2.75, 3.05) is 6.54 Å². The van der Waals surface area contributed by atoms with Crippen LogP contribution in [0.15, 0.2) is 67.0 Å². The molecule has 1 aromatic carbocycles. The average Bonchev–Trinajstić information content (AvgIpc) is 3.28. The Hall–Kier alpha value is -2.79. The Morgan fingerprint density at radius 2 is 1.88 bits per heavy atom. The summed E-state index contributed by atoms with van der Waals surface area (Å²) in [6, 6.07) is 18.8. The normalized spacial score (nSPS) is 17.0. The van der Waals surface area contributed by atoms with Gasteiger partial charge in [-0.15, -0.1) is 0 Å². The zero-order valence-corrected chi connectivity index (χ0v) is 15.0. The van der Waals surface area contributed by atoms with Crippen LogP contribution in [0.25, 0.3) is 0 Å². The monoisotopic (exact) mass is 348 g/mol. The second-order valence-electron chi connectivity index (χ2n) is 6.91. The lowest BCUT2D eigenvalue weighted by molar-refractivity contribution is 0.0891. The highest BCUT2D eigenvalue weighted by atomic mass is 16.1. The Kier molecular flexibility index (Phi) is 4.63. The van der Waals surface area contributed by atoms with Gasteiger partial charge in [-0.3, -0.25) is 9.69 Å². The fraction of sp³-hybridized carbons (Fsp3) is 0.286. The summed E-state index contributed by atoms with van der Waals surface area (Å²) in [5.41, 5.74) is 3.31. The third kappa shape index (κ3) is 3.44. The maximum absolute atomic E-state index is 12.5. The van der Waals surface area contributed by atoms with E-state index in [-0.39, 0.29) is 11.9 Å². The van der Waals surface area contributed by atoms with E-state index < -0.39 is 0 Å². The fourth-order valence-electron chi connectivity index (χ4n) is 3.65. The van der Waals surface area contributed by atoms with E-state index in [0.29, 0.717) is 12.2 Å². The van der Waals surface area contributed by atoms with Crippen molar-refractivity contribution in [3.05, 3.63) is 83.9 Å². The third-order valence-electron chi connectivity index (χ3n) is 5.12. The molecule has 0 saturated heterocycles. The Bertz CT molecular complexity index is 880. The van der Waals surface area contributed by atoms with Gasteiger partial charge in [0.05, 0.1) is 0 Å². The Balaban J connectivity index is 1.48. The molecular weight excluding hydrogens is 324 g/mol. The number of carbonyl (C=O) groups is 1. The molecule has 1 aliphatic heterocycles. The summed E-state index contributed by atoms with van der Waals surface area (Å²) in [4.78, 5) is 14.9. The molecule has 3 heterocycles. The van der Waals surface area contributed by atoms with Gasteiger partial charge in [0, 0.05) is 57.4 Å². The minimum absolute atomic E-state index is 0.0181. The molecule has 1 atom stereocenters. The number of aryl methyl sites for hydroxylation is 1. The minimum Gasteiger partial charge on any atom is -0.349 e. The molecule has 3 aromatic rings. The van der Waals surface area contributed by atoms with Crippen LogP contribution in [0.5, 0.6) is 0 Å². The molecule has 1 unspecified atom stereocenters. The van der Waals surface area contributed by atoms with Crippen LogP contribution in [-0.2, 0) is 26.7 Å². The number of hydrogen-bond donors (Lipinski definition) is 1. The molecule has 2 aromatic heterocycles. The lowest BCUT2D eigenvalue weighted by Crippen LogP contribution is -2.48. The van der Waals surface area contributed by atoms with Gasteiger partial charge >= 0.3 is 0 Å². The smallest absolute Gasteiger partial charge is 0.267 e. The summed E-state index contributed by atoms with van der Waals surface area (Å²) < 4.78 is 4.14. The van der Waals surface area contributed by atoms with Gasteiger partial charge in [0.2, 0.25) is 0 Å². The molecule has 0 fully saturated rings. The molecule has 1 aliphatic rings. The first kappa shape index (κ1) is 16.7. The first-order valence-electron chi connectivity index (χ1n) is 9.02. The van der Waals surface area contributed by atoms with Crippen molar-refractivity contribution in [3.63, 3.8) is 0 Å². The van der Waals surface area contributed by atoms with Crippen LogP contribution < -0.4 is 5.32 Å². The largest absolute Gasteiger partial charge is 0.349 e. The number of carbonyl (C=O) groups excluding carboxylic acids is 1. The van der Waals surface area contributed by atoms with Crippen LogP contribution in [0, 0.1) is 0 Å². The first-order valence-corrected chi connectivity index (χ1v) is 9.02. The second-order valence-corrected chi connectivity index (χ2v) is 6.91. The molecule has 0 saturated carbocycles. The van der Waals surface area contributed by atoms with E-state index in [0.717, 1.165) is 19.6 Å². The number of benzene rings is 1. The standard InChI is InChI=1S/C21H24N4O/c1-23-11-6-10-20(23)21(26)22-13-19-16-24-12-5-9-18(24)15-25(19)14-17-7-3-2-4-8-17/h2-12,19H,13-16H2,1H3,(H,22,26). The Morgan fingerprint density at radius 1 is 1.08 bits per heavy atom. The van der Waals surface area contributed by atoms with Gasteiger partial charge in [0.1, 0.15) is 5.69 Å². The molecule has 0 aliphatic carbocycles. The van der Waals surface area contributed by atoms with Gasteiger partial charge in [0.25, 0.3) is 5.91 Å². The zero-order chi connectivity index (χ0) is 17.9. The number of rotatable bonds is 5. The fourth-order valence-corrected chi connectivity index (χ4v) is 3.65. The van der Waals surface area contributed by atoms with Crippen molar-refractivity contribution in [1.82, 2.24) is 19.4 Å². The predicted octanol–water partition coefficient (Wildman–Crippen LogP) is 2.64. The summed E-state index contributed by atoms with van der Waals surface area (Å²) in [6.45, 7) is 3.31. The highest BCUT2D eigenvalue weighted by molar-refractivity contribution is 5.92. The second kappa shape index (κ2) is 7.22. The van der Waals surface area contributed by atoms with Crippen LogP contribution in [0.3, 0.4) is 0 Å². The van der Waals surface area contributed by atoms with E-state index in [2.05, 4.69) is 57.4 Å². The quantitative estimate of drug-likeness (QED) is 0.770. The summed E-state index contributed by atoms with van der Waals surface area (Å²) in [5, 5.41) is 3.12. The molecule has 1 amide bonds. The van der Waals surface area contributed by atoms with E-state index in [9.17, 15) is 4.79 Å². The number of amides is 1. The lowest BCUT2D eigenvalue weighted by atomic mass is 10.1. The maximum Gasteiger partial charge on any atom is 0.267 e. The summed E-state index contributed by atoms with van der Waals surface area (Å²) in [7, 11) is 1.89. The molecule has 0 bridgehead atoms. The van der Waals surface area contributed by atoms with E-state index in [1.165, 1.54) is 11.3 Å². The topological polar surface area (TPSA) is 42.2 Å². The van der Waals surface area contributed by atoms with Crippen molar-refractivity contribution in [3.8, 4) is 0 Å². The summed E-state index contributed by atoms with van der Waals surface area (Å²) in [5.74, 6) is -0.0181. The molecule has 0 radical (unpaired) electrons. The number of hydrogen-bond acceptors (Lipinski definition) is 2. The number of fused-ring (bicyclic) bond motifs is 1. The van der Waals surface area contributed by atoms with E-state index in [1.54, 1.807) is 0 Å². The van der Waals surface area contributed by atoms with Crippen LogP contribution in [-0.4, -0.2) is 32.5 Å². The van der Waals surface area contributed by atoms with E-state index >= 15 is 0 Å². The summed E-state index contributed by atoms with van der Waals surface area (Å²) >= 11 is 0. The van der Waals surface area contributed by atoms with Crippen molar-refractivity contribution < 1.29 is 4.79 Å². The van der Waals surface area contributed by atoms with Gasteiger partial charge in [-0.05, 0) is 29.8 Å². The minimum atomic E-state index is -0.0181. The molecular formula is C21H24N4O. The van der Waals surface area contributed by atoms with Crippen molar-refractivity contribution in [2.45, 2.75) is 25.7 Å². The van der Waals surface area contributed by atoms with Crippen LogP contribution in [0.2, 0.25) is 0 Å². The molecule has 26 heavy (non-hydrogen) atoms. The van der Waals surface area contributed by atoms with Crippen LogP contribution in [0.1, 0.15) is 21.7 Å². The molecule has 0 spiro atoms. The average molecular weight is 348 g/mol. The van der Waals surface area contributed by atoms with Crippen molar-refractivity contribution in [2.24, 2.45) is 7.05 Å². The molecule has 4 rings (SSSR count). The number of nitrogens with zero attached hydrogens (tertiary/aromatic N) is 3. The maximum atomic E-state index is 12.5. The van der Waals surface area contributed by atoms with E-state index in [1.807, 2.05) is 36.0 Å². The van der Waals surface area contributed by atoms with Gasteiger partial charge in [-0.1, -0.05) is 30.3 Å². The molecule has 1 N–H and O–H groups in total. The first-order chi connectivity index (χ1) is 12.7. The zero-order valence-electron chi connectivity index (χ0n) is 15.0. The molecule has 5 heteroatoms. The van der Waals surface area contributed by atoms with E-state index in [4.69, 9.17) is 0 Å². The number of nitrogens with one attached hydrogen (secondary N) is 1. The highest BCUT2D eigenvalue weighted by Gasteiger charge is 2.26. The van der Waals surface area contributed by atoms with Crippen molar-refractivity contribution >= 4 is 5.91 Å². The summed E-state index contributed by atoms with van der Waals surface area (Å²) in [6.07, 6.45) is 4.02. The van der Waals surface area contributed by atoms with Gasteiger partial charge in [0.15, 0.2) is 0 Å². The van der Waals surface area contributed by atoms with Gasteiger partial charge in [-0.25, -0.2) is 0 Å². The predicted molar refractivity (Wildman–Crippen MR) is 102 cm³/mol. The highest BCUT2D eigenvalue weighted by Crippen LogP contribution is 2.20. The Labute approximate surface area is 153 Å². The molecule has 134 valence electrons. The molecule has 5 nitrogen and oxygen atoms in total. The van der Waals surface area contributed by atoms with Crippen LogP contribution in [0.4, 0.5) is 0 Å². The third-order valence-corrected chi connectivity index (χ3v) is 5.12. The van der Waals surface area contributed by atoms with Gasteiger partial charge in [-0.2, -0.15) is 0 Å².